The van der Waals surface area contributed by atoms with Gasteiger partial charge < -0.3 is 9.47 Å². The van der Waals surface area contributed by atoms with Crippen LogP contribution in [0.5, 0.6) is 11.5 Å². The zero-order chi connectivity index (χ0) is 13.9. The summed E-state index contributed by atoms with van der Waals surface area (Å²) in [6.45, 7) is 0.248. The normalized spacial score (nSPS) is 10.7. The van der Waals surface area contributed by atoms with E-state index in [9.17, 15) is 0 Å². The van der Waals surface area contributed by atoms with Gasteiger partial charge in [-0.05, 0) is 24.3 Å². The standard InChI is InChI=1S/C14H12ClN3O2/c1-19-10-5-2-3-6-11(10)20-9-13-16-14-8-4-7-12(15)18(14)17-13/h2-8H,9H2,1H3. The number of halogens is 1. The largest absolute Gasteiger partial charge is 0.493 e. The molecule has 0 N–H and O–H groups in total. The van der Waals surface area contributed by atoms with E-state index in [-0.39, 0.29) is 6.61 Å². The smallest absolute Gasteiger partial charge is 0.189 e. The van der Waals surface area contributed by atoms with Crippen LogP contribution in [0.1, 0.15) is 5.82 Å². The third kappa shape index (κ3) is 2.40. The highest BCUT2D eigenvalue weighted by molar-refractivity contribution is 6.29. The minimum Gasteiger partial charge on any atom is -0.493 e. The summed E-state index contributed by atoms with van der Waals surface area (Å²) < 4.78 is 12.5. The van der Waals surface area contributed by atoms with Crippen LogP contribution in [0.4, 0.5) is 0 Å². The van der Waals surface area contributed by atoms with Crippen molar-refractivity contribution in [2.75, 3.05) is 7.11 Å². The summed E-state index contributed by atoms with van der Waals surface area (Å²) >= 11 is 6.03. The fraction of sp³-hybridized carbons (Fsp3) is 0.143. The molecule has 6 heteroatoms. The first-order valence-corrected chi connectivity index (χ1v) is 6.42. The Labute approximate surface area is 120 Å². The molecule has 2 heterocycles. The lowest BCUT2D eigenvalue weighted by Crippen LogP contribution is -1.99. The van der Waals surface area contributed by atoms with Gasteiger partial charge in [0, 0.05) is 0 Å². The van der Waals surface area contributed by atoms with Crippen molar-refractivity contribution in [2.24, 2.45) is 0 Å². The molecule has 0 fully saturated rings. The minimum absolute atomic E-state index is 0.248. The molecule has 2 aromatic heterocycles. The van der Waals surface area contributed by atoms with E-state index in [1.807, 2.05) is 36.4 Å². The van der Waals surface area contributed by atoms with Crippen LogP contribution >= 0.6 is 11.6 Å². The summed E-state index contributed by atoms with van der Waals surface area (Å²) in [5.74, 6) is 1.89. The van der Waals surface area contributed by atoms with Crippen molar-refractivity contribution in [1.29, 1.82) is 0 Å². The average Bonchev–Trinajstić information content (AvgIpc) is 2.90. The van der Waals surface area contributed by atoms with Gasteiger partial charge in [0.15, 0.2) is 23.0 Å². The number of para-hydroxylation sites is 2. The topological polar surface area (TPSA) is 48.7 Å². The maximum Gasteiger partial charge on any atom is 0.189 e. The first-order chi connectivity index (χ1) is 9.78. The van der Waals surface area contributed by atoms with Gasteiger partial charge in [0.25, 0.3) is 0 Å². The highest BCUT2D eigenvalue weighted by Crippen LogP contribution is 2.26. The summed E-state index contributed by atoms with van der Waals surface area (Å²) in [4.78, 5) is 4.35. The van der Waals surface area contributed by atoms with E-state index < -0.39 is 0 Å². The van der Waals surface area contributed by atoms with Crippen LogP contribution in [-0.4, -0.2) is 21.7 Å². The van der Waals surface area contributed by atoms with E-state index in [1.165, 1.54) is 0 Å². The van der Waals surface area contributed by atoms with Crippen molar-refractivity contribution in [3.63, 3.8) is 0 Å². The summed E-state index contributed by atoms with van der Waals surface area (Å²) in [6.07, 6.45) is 0. The number of ether oxygens (including phenoxy) is 2. The summed E-state index contributed by atoms with van der Waals surface area (Å²) in [5, 5.41) is 4.80. The maximum absolute atomic E-state index is 6.03. The summed E-state index contributed by atoms with van der Waals surface area (Å²) in [7, 11) is 1.60. The Kier molecular flexibility index (Phi) is 3.43. The molecule has 0 spiro atoms. The van der Waals surface area contributed by atoms with Crippen LogP contribution in [0, 0.1) is 0 Å². The molecule has 102 valence electrons. The molecule has 0 atom stereocenters. The van der Waals surface area contributed by atoms with Crippen molar-refractivity contribution in [2.45, 2.75) is 6.61 Å². The molecule has 0 aliphatic heterocycles. The molecule has 5 nitrogen and oxygen atoms in total. The van der Waals surface area contributed by atoms with Gasteiger partial charge in [0.1, 0.15) is 11.8 Å². The molecule has 0 unspecified atom stereocenters. The van der Waals surface area contributed by atoms with E-state index in [4.69, 9.17) is 21.1 Å². The molecule has 3 aromatic rings. The Balaban J connectivity index is 1.82. The number of pyridine rings is 1. The molecule has 20 heavy (non-hydrogen) atoms. The third-order valence-electron chi connectivity index (χ3n) is 2.78. The van der Waals surface area contributed by atoms with Gasteiger partial charge >= 0.3 is 0 Å². The minimum atomic E-state index is 0.248. The second-order valence-electron chi connectivity index (χ2n) is 4.09. The number of rotatable bonds is 4. The first-order valence-electron chi connectivity index (χ1n) is 6.04. The van der Waals surface area contributed by atoms with Gasteiger partial charge in [-0.3, -0.25) is 0 Å². The monoisotopic (exact) mass is 289 g/mol. The molecule has 0 saturated carbocycles. The Morgan fingerprint density at radius 3 is 2.65 bits per heavy atom. The lowest BCUT2D eigenvalue weighted by atomic mass is 10.3. The molecule has 0 bridgehead atoms. The molecule has 1 aromatic carbocycles. The average molecular weight is 290 g/mol. The van der Waals surface area contributed by atoms with Crippen molar-refractivity contribution in [1.82, 2.24) is 14.6 Å². The number of fused-ring (bicyclic) bond motifs is 1. The lowest BCUT2D eigenvalue weighted by molar-refractivity contribution is 0.276. The van der Waals surface area contributed by atoms with Crippen molar-refractivity contribution in [3.8, 4) is 11.5 Å². The van der Waals surface area contributed by atoms with Crippen LogP contribution < -0.4 is 9.47 Å². The predicted molar refractivity (Wildman–Crippen MR) is 75.3 cm³/mol. The molecule has 0 saturated heterocycles. The van der Waals surface area contributed by atoms with Gasteiger partial charge in [-0.2, -0.15) is 0 Å². The number of aromatic nitrogens is 3. The van der Waals surface area contributed by atoms with Crippen LogP contribution in [0.2, 0.25) is 5.15 Å². The van der Waals surface area contributed by atoms with Crippen LogP contribution in [0.25, 0.3) is 5.65 Å². The van der Waals surface area contributed by atoms with E-state index >= 15 is 0 Å². The van der Waals surface area contributed by atoms with Crippen LogP contribution in [0.15, 0.2) is 42.5 Å². The Hall–Kier alpha value is -2.27. The van der Waals surface area contributed by atoms with Crippen LogP contribution in [0.3, 0.4) is 0 Å². The van der Waals surface area contributed by atoms with Gasteiger partial charge in [-0.15, -0.1) is 5.10 Å². The molecule has 0 amide bonds. The molecule has 0 radical (unpaired) electrons. The Morgan fingerprint density at radius 2 is 1.90 bits per heavy atom. The molecular weight excluding hydrogens is 278 g/mol. The number of hydrogen-bond acceptors (Lipinski definition) is 4. The quantitative estimate of drug-likeness (QED) is 0.693. The van der Waals surface area contributed by atoms with E-state index in [0.717, 1.165) is 0 Å². The number of benzene rings is 1. The van der Waals surface area contributed by atoms with E-state index in [1.54, 1.807) is 17.7 Å². The molecular formula is C14H12ClN3O2. The zero-order valence-corrected chi connectivity index (χ0v) is 11.5. The number of nitrogens with zero attached hydrogens (tertiary/aromatic N) is 3. The van der Waals surface area contributed by atoms with Crippen molar-refractivity contribution >= 4 is 17.2 Å². The number of methoxy groups -OCH3 is 1. The summed E-state index contributed by atoms with van der Waals surface area (Å²) in [6, 6.07) is 12.9. The Morgan fingerprint density at radius 1 is 1.10 bits per heavy atom. The molecule has 0 aliphatic rings. The highest BCUT2D eigenvalue weighted by atomic mass is 35.5. The van der Waals surface area contributed by atoms with Gasteiger partial charge in [-0.25, -0.2) is 9.50 Å². The molecule has 0 aliphatic carbocycles. The Bertz CT molecular complexity index is 742. The van der Waals surface area contributed by atoms with Gasteiger partial charge in [0.05, 0.1) is 7.11 Å². The fourth-order valence-electron chi connectivity index (χ4n) is 1.86. The highest BCUT2D eigenvalue weighted by Gasteiger charge is 2.08. The van der Waals surface area contributed by atoms with Crippen molar-refractivity contribution < 1.29 is 9.47 Å². The van der Waals surface area contributed by atoms with Crippen molar-refractivity contribution in [3.05, 3.63) is 53.4 Å². The first kappa shape index (κ1) is 12.7. The van der Waals surface area contributed by atoms with E-state index in [0.29, 0.717) is 28.1 Å². The number of hydrogen-bond donors (Lipinski definition) is 0. The second kappa shape index (κ2) is 5.38. The fourth-order valence-corrected chi connectivity index (χ4v) is 2.06. The summed E-state index contributed by atoms with van der Waals surface area (Å²) in [5.41, 5.74) is 0.691. The van der Waals surface area contributed by atoms with E-state index in [2.05, 4.69) is 10.1 Å². The molecule has 3 rings (SSSR count). The zero-order valence-electron chi connectivity index (χ0n) is 10.8. The van der Waals surface area contributed by atoms with Gasteiger partial charge in [0.2, 0.25) is 0 Å². The second-order valence-corrected chi connectivity index (χ2v) is 4.47. The predicted octanol–water partition coefficient (Wildman–Crippen LogP) is 2.97. The SMILES string of the molecule is COc1ccccc1OCc1nc2cccc(Cl)n2n1. The maximum atomic E-state index is 6.03. The third-order valence-corrected chi connectivity index (χ3v) is 3.07. The lowest BCUT2D eigenvalue weighted by Gasteiger charge is -2.08. The van der Waals surface area contributed by atoms with Crippen LogP contribution in [-0.2, 0) is 6.61 Å². The van der Waals surface area contributed by atoms with Gasteiger partial charge in [-0.1, -0.05) is 29.8 Å².